The van der Waals surface area contributed by atoms with Crippen LogP contribution < -0.4 is 21.3 Å². The molecule has 0 aliphatic carbocycles. The highest BCUT2D eigenvalue weighted by molar-refractivity contribution is 5.97. The van der Waals surface area contributed by atoms with Crippen molar-refractivity contribution in [3.63, 3.8) is 0 Å². The van der Waals surface area contributed by atoms with E-state index in [2.05, 4.69) is 21.3 Å². The molecule has 2 heterocycles. The smallest absolute Gasteiger partial charge is 0.321 e. The molecule has 2 aliphatic rings. The van der Waals surface area contributed by atoms with Gasteiger partial charge in [0.15, 0.2) is 0 Å². The van der Waals surface area contributed by atoms with E-state index in [1.165, 1.54) is 0 Å². The van der Waals surface area contributed by atoms with Gasteiger partial charge in [0.1, 0.15) is 0 Å². The van der Waals surface area contributed by atoms with Crippen LogP contribution in [0.25, 0.3) is 0 Å². The van der Waals surface area contributed by atoms with Gasteiger partial charge in [-0.3, -0.25) is 10.1 Å². The molecule has 4 N–H and O–H groups in total. The van der Waals surface area contributed by atoms with Crippen molar-refractivity contribution in [2.24, 2.45) is 5.92 Å². The van der Waals surface area contributed by atoms with E-state index in [1.54, 1.807) is 6.92 Å². The lowest BCUT2D eigenvalue weighted by Crippen LogP contribution is -2.51. The van der Waals surface area contributed by atoms with Crippen LogP contribution in [0, 0.1) is 5.92 Å². The summed E-state index contributed by atoms with van der Waals surface area (Å²) in [6.45, 7) is 3.76. The van der Waals surface area contributed by atoms with Gasteiger partial charge in [0, 0.05) is 19.6 Å². The summed E-state index contributed by atoms with van der Waals surface area (Å²) in [6, 6.07) is -0.437. The maximum atomic E-state index is 10.6. The second-order valence-electron chi connectivity index (χ2n) is 3.28. The molecule has 0 spiro atoms. The summed E-state index contributed by atoms with van der Waals surface area (Å²) >= 11 is 0. The molecule has 2 aliphatic heterocycles. The Bertz CT molecular complexity index is 271. The molecule has 0 aromatic rings. The topological polar surface area (TPSA) is 99.3 Å². The summed E-state index contributed by atoms with van der Waals surface area (Å²) < 4.78 is 0. The number of carbonyl (C=O) groups excluding carboxylic acids is 3. The molecule has 2 fully saturated rings. The molecule has 0 radical (unpaired) electrons. The molecular weight excluding hydrogens is 200 g/mol. The number of urea groups is 2. The Kier molecular flexibility index (Phi) is 3.90. The molecule has 7 heteroatoms. The van der Waals surface area contributed by atoms with E-state index in [9.17, 15) is 14.4 Å². The fourth-order valence-electron chi connectivity index (χ4n) is 1.03. The zero-order valence-corrected chi connectivity index (χ0v) is 8.42. The van der Waals surface area contributed by atoms with Gasteiger partial charge in [-0.25, -0.2) is 9.59 Å². The maximum Gasteiger partial charge on any atom is 0.321 e. The maximum absolute atomic E-state index is 10.6. The zero-order valence-electron chi connectivity index (χ0n) is 8.42. The standard InChI is InChI=1S/C5H8N2O2.C3H6N2O/c1-3-2-6-5(9)7-4(3)8;6-3-4-1-2-5-3/h3H,2H2,1H3,(H2,6,7,8,9);1-2H2,(H2,4,5,6). The average Bonchev–Trinajstić information content (AvgIpc) is 2.64. The molecule has 1 unspecified atom stereocenters. The molecule has 0 aromatic heterocycles. The van der Waals surface area contributed by atoms with Gasteiger partial charge >= 0.3 is 12.1 Å². The van der Waals surface area contributed by atoms with Crippen molar-refractivity contribution >= 4 is 18.0 Å². The number of imide groups is 1. The summed E-state index contributed by atoms with van der Waals surface area (Å²) in [5.74, 6) is -0.290. The second-order valence-corrected chi connectivity index (χ2v) is 3.28. The van der Waals surface area contributed by atoms with E-state index in [0.29, 0.717) is 6.54 Å². The largest absolute Gasteiger partial charge is 0.337 e. The molecule has 0 aromatic carbocycles. The van der Waals surface area contributed by atoms with E-state index in [-0.39, 0.29) is 17.9 Å². The molecule has 7 nitrogen and oxygen atoms in total. The van der Waals surface area contributed by atoms with Gasteiger partial charge < -0.3 is 16.0 Å². The van der Waals surface area contributed by atoms with Gasteiger partial charge in [-0.15, -0.1) is 0 Å². The molecule has 2 saturated heterocycles. The Morgan fingerprint density at radius 2 is 1.60 bits per heavy atom. The number of rotatable bonds is 0. The highest BCUT2D eigenvalue weighted by Gasteiger charge is 2.20. The van der Waals surface area contributed by atoms with Crippen LogP contribution >= 0.6 is 0 Å². The molecule has 0 saturated carbocycles. The van der Waals surface area contributed by atoms with Crippen LogP contribution in [0.3, 0.4) is 0 Å². The van der Waals surface area contributed by atoms with Gasteiger partial charge in [0.25, 0.3) is 0 Å². The van der Waals surface area contributed by atoms with Crippen LogP contribution in [0.4, 0.5) is 9.59 Å². The quantitative estimate of drug-likeness (QED) is 0.406. The first-order chi connectivity index (χ1) is 7.09. The Balaban J connectivity index is 0.000000162. The van der Waals surface area contributed by atoms with Crippen LogP contribution in [-0.2, 0) is 4.79 Å². The Morgan fingerprint density at radius 1 is 1.00 bits per heavy atom. The van der Waals surface area contributed by atoms with E-state index >= 15 is 0 Å². The number of hydrogen-bond acceptors (Lipinski definition) is 3. The van der Waals surface area contributed by atoms with Crippen LogP contribution in [0.15, 0.2) is 0 Å². The lowest BCUT2D eigenvalue weighted by Gasteiger charge is -2.17. The molecule has 5 amide bonds. The number of carbonyl (C=O) groups is 3. The van der Waals surface area contributed by atoms with Gasteiger partial charge in [-0.2, -0.15) is 0 Å². The van der Waals surface area contributed by atoms with Crippen molar-refractivity contribution in [2.75, 3.05) is 19.6 Å². The zero-order chi connectivity index (χ0) is 11.3. The molecule has 2 rings (SSSR count). The Labute approximate surface area is 87.0 Å². The summed E-state index contributed by atoms with van der Waals surface area (Å²) in [7, 11) is 0. The third-order valence-electron chi connectivity index (χ3n) is 1.95. The van der Waals surface area contributed by atoms with Crippen molar-refractivity contribution < 1.29 is 14.4 Å². The summed E-state index contributed by atoms with van der Waals surface area (Å²) in [4.78, 5) is 31.0. The molecular formula is C8H14N4O3. The van der Waals surface area contributed by atoms with Gasteiger partial charge in [0.05, 0.1) is 5.92 Å². The highest BCUT2D eigenvalue weighted by Crippen LogP contribution is 1.95. The number of hydrogen-bond donors (Lipinski definition) is 4. The van der Waals surface area contributed by atoms with E-state index < -0.39 is 6.03 Å². The lowest BCUT2D eigenvalue weighted by atomic mass is 10.1. The van der Waals surface area contributed by atoms with Gasteiger partial charge in [-0.1, -0.05) is 6.92 Å². The molecule has 84 valence electrons. The third kappa shape index (κ3) is 3.84. The minimum atomic E-state index is -0.391. The van der Waals surface area contributed by atoms with Crippen molar-refractivity contribution in [3.8, 4) is 0 Å². The predicted molar refractivity (Wildman–Crippen MR) is 52.1 cm³/mol. The van der Waals surface area contributed by atoms with Crippen LogP contribution in [0.2, 0.25) is 0 Å². The summed E-state index contributed by atoms with van der Waals surface area (Å²) in [5, 5.41) is 9.77. The summed E-state index contributed by atoms with van der Waals surface area (Å²) in [6.07, 6.45) is 0. The summed E-state index contributed by atoms with van der Waals surface area (Å²) in [5.41, 5.74) is 0. The fourth-order valence-corrected chi connectivity index (χ4v) is 1.03. The van der Waals surface area contributed by atoms with Crippen molar-refractivity contribution in [3.05, 3.63) is 0 Å². The van der Waals surface area contributed by atoms with Crippen LogP contribution in [0.1, 0.15) is 6.92 Å². The third-order valence-corrected chi connectivity index (χ3v) is 1.95. The minimum absolute atomic E-state index is 0.0463. The van der Waals surface area contributed by atoms with E-state index in [0.717, 1.165) is 13.1 Å². The number of amides is 5. The first kappa shape index (κ1) is 11.3. The first-order valence-corrected chi connectivity index (χ1v) is 4.70. The van der Waals surface area contributed by atoms with Gasteiger partial charge in [-0.05, 0) is 0 Å². The molecule has 0 bridgehead atoms. The number of nitrogens with one attached hydrogen (secondary N) is 4. The van der Waals surface area contributed by atoms with E-state index in [1.807, 2.05) is 0 Å². The highest BCUT2D eigenvalue weighted by atomic mass is 16.2. The predicted octanol–water partition coefficient (Wildman–Crippen LogP) is -1.24. The first-order valence-electron chi connectivity index (χ1n) is 4.70. The average molecular weight is 214 g/mol. The Morgan fingerprint density at radius 3 is 1.93 bits per heavy atom. The SMILES string of the molecule is CC1CNC(=O)NC1=O.O=C1NCCN1. The normalized spacial score (nSPS) is 24.1. The van der Waals surface area contributed by atoms with Crippen LogP contribution in [-0.4, -0.2) is 37.6 Å². The second kappa shape index (κ2) is 5.18. The molecule has 15 heavy (non-hydrogen) atoms. The van der Waals surface area contributed by atoms with Gasteiger partial charge in [0.2, 0.25) is 5.91 Å². The van der Waals surface area contributed by atoms with Crippen molar-refractivity contribution in [2.45, 2.75) is 6.92 Å². The monoisotopic (exact) mass is 214 g/mol. The lowest BCUT2D eigenvalue weighted by molar-refractivity contribution is -0.123. The van der Waals surface area contributed by atoms with Crippen molar-refractivity contribution in [1.29, 1.82) is 0 Å². The Hall–Kier alpha value is -1.79. The minimum Gasteiger partial charge on any atom is -0.337 e. The fraction of sp³-hybridized carbons (Fsp3) is 0.625. The molecule has 1 atom stereocenters. The van der Waals surface area contributed by atoms with Crippen molar-refractivity contribution in [1.82, 2.24) is 21.3 Å². The van der Waals surface area contributed by atoms with Crippen LogP contribution in [0.5, 0.6) is 0 Å². The van der Waals surface area contributed by atoms with E-state index in [4.69, 9.17) is 0 Å².